The molecule has 0 bridgehead atoms. The number of pyridine rings is 1. The number of nitrogens with zero attached hydrogens (tertiary/aromatic N) is 5. The van der Waals surface area contributed by atoms with Gasteiger partial charge in [0.2, 0.25) is 15.9 Å². The molecule has 1 unspecified atom stereocenters. The van der Waals surface area contributed by atoms with Gasteiger partial charge in [0.15, 0.2) is 15.7 Å². The van der Waals surface area contributed by atoms with Gasteiger partial charge in [0.1, 0.15) is 46.0 Å². The lowest BCUT2D eigenvalue weighted by atomic mass is 9.84. The Morgan fingerprint density at radius 1 is 1.00 bits per heavy atom. The Morgan fingerprint density at radius 3 is 2.25 bits per heavy atom. The smallest absolute Gasteiger partial charge is 0.293 e. The zero-order chi connectivity index (χ0) is 46.6. The number of halogens is 9. The number of amides is 1. The molecule has 23 heteroatoms. The van der Waals surface area contributed by atoms with Crippen molar-refractivity contribution < 1.29 is 56.8 Å². The van der Waals surface area contributed by atoms with Crippen LogP contribution in [0.15, 0.2) is 42.5 Å². The van der Waals surface area contributed by atoms with E-state index in [2.05, 4.69) is 31.7 Å². The van der Waals surface area contributed by atoms with Crippen LogP contribution in [0.2, 0.25) is 5.02 Å². The molecule has 4 atom stereocenters. The number of fused-ring (bicyclic) bond motifs is 4. The number of nitrogens with one attached hydrogen (secondary N) is 1. The van der Waals surface area contributed by atoms with Gasteiger partial charge in [0.25, 0.3) is 18.8 Å². The van der Waals surface area contributed by atoms with Crippen molar-refractivity contribution >= 4 is 54.1 Å². The van der Waals surface area contributed by atoms with Gasteiger partial charge in [-0.2, -0.15) is 19.0 Å². The molecule has 2 saturated carbocycles. The molecule has 8 rings (SSSR count). The lowest BCUT2D eigenvalue weighted by Gasteiger charge is -2.29. The zero-order valence-electron chi connectivity index (χ0n) is 33.7. The van der Waals surface area contributed by atoms with Crippen molar-refractivity contribution in [2.45, 2.75) is 92.7 Å². The number of alkyl halides is 6. The van der Waals surface area contributed by atoms with Crippen molar-refractivity contribution in [1.82, 2.24) is 24.5 Å². The summed E-state index contributed by atoms with van der Waals surface area (Å²) in [7, 11) is -7.94. The Hall–Kier alpha value is -5.27. The van der Waals surface area contributed by atoms with E-state index in [9.17, 15) is 48.0 Å². The highest BCUT2D eigenvalue weighted by Gasteiger charge is 2.68. The first-order valence-corrected chi connectivity index (χ1v) is 23.4. The number of hydrogen-bond donors (Lipinski definition) is 2. The number of primary amides is 1. The van der Waals surface area contributed by atoms with Gasteiger partial charge in [-0.1, -0.05) is 23.6 Å². The van der Waals surface area contributed by atoms with Crippen LogP contribution in [-0.4, -0.2) is 70.0 Å². The molecule has 1 amide bonds. The van der Waals surface area contributed by atoms with E-state index >= 15 is 8.78 Å². The SMILES string of the molecule is CC(C)(C#Cc1ccc(-c2ccc(Cl)c3c(NS(C)(=O)=O)nn(CC(F)F)c23)c([C@@H](Cc2cc(F)cc(F)c2)C(C(N)=O)n2nc(C(F)F)c3c2C(F)(F)[C@@H]2C[C@H]32)n1)S(=O)(=O)C1CC1. The van der Waals surface area contributed by atoms with Crippen molar-refractivity contribution in [2.75, 3.05) is 11.0 Å². The number of rotatable bonds is 14. The molecule has 0 spiro atoms. The number of aromatic nitrogens is 5. The fourth-order valence-corrected chi connectivity index (χ4v) is 11.1. The molecule has 12 nitrogen and oxygen atoms in total. The number of sulfonamides is 1. The maximum absolute atomic E-state index is 16.2. The predicted molar refractivity (Wildman–Crippen MR) is 218 cm³/mol. The van der Waals surface area contributed by atoms with Crippen LogP contribution in [0.4, 0.5) is 40.9 Å². The standard InChI is InChI=1S/C41H36ClF8N7O5S2/c1-40(2,64(61,62)22-5-6-22)11-10-21-4-7-23(24-8-9-28(42)31-34(24)56(17-29(45)46)54-39(31)55-63(3,59)60)32(52-21)26(14-18-12-19(43)15-20(44)13-18)35(38(51)58)57-36-30(33(53-57)37(47)48)25-16-27(25)41(36,49)50/h4,7-9,12-13,15,22,25-27,29,35,37H,5-6,14,16-17H2,1-3H3,(H2,51,58)(H,54,55)/t25-,26+,27+,35?/m0/s1. The molecule has 2 aromatic carbocycles. The first kappa shape index (κ1) is 45.3. The van der Waals surface area contributed by atoms with Crippen molar-refractivity contribution in [3.8, 4) is 23.0 Å². The third-order valence-corrected chi connectivity index (χ3v) is 15.4. The molecule has 3 aromatic heterocycles. The summed E-state index contributed by atoms with van der Waals surface area (Å²) in [6, 6.07) is 5.13. The maximum Gasteiger partial charge on any atom is 0.293 e. The number of carbonyl (C=O) groups is 1. The monoisotopic (exact) mass is 957 g/mol. The Bertz CT molecular complexity index is 3030. The molecule has 64 heavy (non-hydrogen) atoms. The predicted octanol–water partition coefficient (Wildman–Crippen LogP) is 7.77. The molecule has 3 aliphatic rings. The molecule has 0 aliphatic heterocycles. The molecule has 5 aromatic rings. The van der Waals surface area contributed by atoms with Crippen LogP contribution in [0.5, 0.6) is 0 Å². The molecule has 340 valence electrons. The third-order valence-electron chi connectivity index (χ3n) is 11.6. The van der Waals surface area contributed by atoms with Crippen LogP contribution >= 0.6 is 11.6 Å². The van der Waals surface area contributed by atoms with E-state index in [-0.39, 0.29) is 50.4 Å². The largest absolute Gasteiger partial charge is 0.368 e. The molecule has 2 fully saturated rings. The second kappa shape index (κ2) is 15.7. The molecule has 3 heterocycles. The van der Waals surface area contributed by atoms with E-state index < -0.39 is 126 Å². The number of benzene rings is 2. The average molecular weight is 958 g/mol. The Morgan fingerprint density at radius 2 is 1.66 bits per heavy atom. The Kier molecular flexibility index (Phi) is 11.1. The molecule has 0 radical (unpaired) electrons. The van der Waals surface area contributed by atoms with Crippen molar-refractivity contribution in [3.05, 3.63) is 93.0 Å². The summed E-state index contributed by atoms with van der Waals surface area (Å²) in [5.41, 5.74) is 2.22. The van der Waals surface area contributed by atoms with E-state index in [1.165, 1.54) is 38.1 Å². The minimum absolute atomic E-state index is 0.100. The number of sulfone groups is 1. The summed E-state index contributed by atoms with van der Waals surface area (Å²) in [4.78, 5) is 18.6. The van der Waals surface area contributed by atoms with E-state index in [1.54, 1.807) is 0 Å². The first-order valence-electron chi connectivity index (χ1n) is 19.6. The second-order valence-corrected chi connectivity index (χ2v) is 21.6. The van der Waals surface area contributed by atoms with Gasteiger partial charge >= 0.3 is 0 Å². The lowest BCUT2D eigenvalue weighted by Crippen LogP contribution is -2.37. The minimum Gasteiger partial charge on any atom is -0.368 e. The van der Waals surface area contributed by atoms with E-state index in [4.69, 9.17) is 17.3 Å². The van der Waals surface area contributed by atoms with Crippen LogP contribution in [0.1, 0.15) is 91.3 Å². The van der Waals surface area contributed by atoms with Crippen LogP contribution in [0.3, 0.4) is 0 Å². The summed E-state index contributed by atoms with van der Waals surface area (Å²) in [5, 5.41) is 6.92. The number of carbonyl (C=O) groups excluding carboxylic acids is 1. The minimum atomic E-state index is -4.13. The summed E-state index contributed by atoms with van der Waals surface area (Å²) in [6.07, 6.45) is -5.73. The number of anilines is 1. The van der Waals surface area contributed by atoms with E-state index in [1.807, 2.05) is 0 Å². The quantitative estimate of drug-likeness (QED) is 0.0840. The molecule has 3 N–H and O–H groups in total. The van der Waals surface area contributed by atoms with E-state index in [0.717, 1.165) is 23.1 Å². The van der Waals surface area contributed by atoms with Crippen LogP contribution < -0.4 is 10.5 Å². The lowest BCUT2D eigenvalue weighted by molar-refractivity contribution is -0.122. The molecule has 0 saturated heterocycles. The summed E-state index contributed by atoms with van der Waals surface area (Å²) < 4.78 is 173. The summed E-state index contributed by atoms with van der Waals surface area (Å²) in [6.45, 7) is 1.59. The highest BCUT2D eigenvalue weighted by Crippen LogP contribution is 2.68. The topological polar surface area (TPSA) is 172 Å². The van der Waals surface area contributed by atoms with Crippen molar-refractivity contribution in [1.29, 1.82) is 0 Å². The van der Waals surface area contributed by atoms with Crippen molar-refractivity contribution in [3.63, 3.8) is 0 Å². The first-order chi connectivity index (χ1) is 29.8. The second-order valence-electron chi connectivity index (χ2n) is 16.6. The highest BCUT2D eigenvalue weighted by atomic mass is 35.5. The molecular formula is C41H36ClF8N7O5S2. The van der Waals surface area contributed by atoms with Gasteiger partial charge in [0, 0.05) is 34.6 Å². The Labute approximate surface area is 365 Å². The van der Waals surface area contributed by atoms with Crippen LogP contribution in [0.25, 0.3) is 22.0 Å². The van der Waals surface area contributed by atoms with Crippen molar-refractivity contribution in [2.24, 2.45) is 11.7 Å². The van der Waals surface area contributed by atoms with Crippen LogP contribution in [0, 0.1) is 29.4 Å². The normalized spacial score (nSPS) is 19.0. The van der Waals surface area contributed by atoms with Crippen LogP contribution in [-0.2, 0) is 43.5 Å². The number of nitrogens with two attached hydrogens (primary N) is 1. The van der Waals surface area contributed by atoms with Gasteiger partial charge in [0.05, 0.1) is 33.1 Å². The summed E-state index contributed by atoms with van der Waals surface area (Å²) in [5.74, 6) is -6.75. The van der Waals surface area contributed by atoms with Gasteiger partial charge < -0.3 is 5.73 Å². The van der Waals surface area contributed by atoms with Gasteiger partial charge in [-0.25, -0.2) is 52.8 Å². The number of hydrogen-bond acceptors (Lipinski definition) is 8. The average Bonchev–Trinajstić information content (AvgIpc) is 4.10. The molecule has 3 aliphatic carbocycles. The van der Waals surface area contributed by atoms with Gasteiger partial charge in [-0.15, -0.1) is 0 Å². The maximum atomic E-state index is 16.2. The third kappa shape index (κ3) is 8.07. The Balaban J connectivity index is 1.45. The van der Waals surface area contributed by atoms with Gasteiger partial charge in [-0.3, -0.25) is 14.2 Å². The fraction of sp³-hybridized carbons (Fsp3) is 0.415. The molecular weight excluding hydrogens is 922 g/mol. The highest BCUT2D eigenvalue weighted by molar-refractivity contribution is 7.93. The van der Waals surface area contributed by atoms with E-state index in [0.29, 0.717) is 23.6 Å². The van der Waals surface area contributed by atoms with Gasteiger partial charge in [-0.05, 0) is 87.3 Å². The zero-order valence-corrected chi connectivity index (χ0v) is 36.1. The fourth-order valence-electron chi connectivity index (χ4n) is 8.59. The summed E-state index contributed by atoms with van der Waals surface area (Å²) >= 11 is 6.57.